The zero-order valence-electron chi connectivity index (χ0n) is 11.5. The lowest BCUT2D eigenvalue weighted by molar-refractivity contribution is -0.153. The Hall–Kier alpha value is -1.23. The van der Waals surface area contributed by atoms with Crippen molar-refractivity contribution in [1.82, 2.24) is 4.31 Å². The molecule has 1 unspecified atom stereocenters. The zero-order valence-corrected chi connectivity index (χ0v) is 13.9. The third-order valence-corrected chi connectivity index (χ3v) is 5.62. The highest BCUT2D eigenvalue weighted by atomic mass is 79.9. The molecule has 2 rings (SSSR count). The number of rotatable bonds is 4. The third kappa shape index (κ3) is 3.24. The molecule has 22 heavy (non-hydrogen) atoms. The van der Waals surface area contributed by atoms with Gasteiger partial charge >= 0.3 is 5.97 Å². The Bertz CT molecular complexity index is 695. The molecule has 0 aromatic heterocycles. The van der Waals surface area contributed by atoms with Crippen molar-refractivity contribution in [3.8, 4) is 5.75 Å². The number of benzene rings is 1. The molecule has 0 radical (unpaired) electrons. The molecule has 1 atom stereocenters. The number of carboxylic acid groups (broad SMARTS) is 1. The monoisotopic (exact) mass is 397 g/mol. The van der Waals surface area contributed by atoms with Gasteiger partial charge in [-0.2, -0.15) is 4.31 Å². The molecular formula is C12H13BrFNO6S. The number of nitrogens with zero attached hydrogens (tertiary/aromatic N) is 1. The molecule has 1 aromatic carbocycles. The molecule has 1 aliphatic heterocycles. The number of hydrogen-bond donors (Lipinski definition) is 1. The van der Waals surface area contributed by atoms with Gasteiger partial charge in [0, 0.05) is 6.54 Å². The summed E-state index contributed by atoms with van der Waals surface area (Å²) in [6, 6.07) is 2.04. The first-order valence-corrected chi connectivity index (χ1v) is 8.38. The summed E-state index contributed by atoms with van der Waals surface area (Å²) >= 11 is 2.95. The van der Waals surface area contributed by atoms with Crippen LogP contribution < -0.4 is 4.74 Å². The third-order valence-electron chi connectivity index (χ3n) is 3.13. The van der Waals surface area contributed by atoms with Crippen molar-refractivity contribution in [2.75, 3.05) is 26.8 Å². The van der Waals surface area contributed by atoms with E-state index in [1.165, 1.54) is 13.2 Å². The van der Waals surface area contributed by atoms with E-state index in [-0.39, 0.29) is 34.8 Å². The van der Waals surface area contributed by atoms with Gasteiger partial charge in [-0.1, -0.05) is 0 Å². The van der Waals surface area contributed by atoms with Crippen LogP contribution >= 0.6 is 15.9 Å². The molecule has 0 saturated carbocycles. The van der Waals surface area contributed by atoms with Crippen molar-refractivity contribution in [3.63, 3.8) is 0 Å². The van der Waals surface area contributed by atoms with Crippen molar-refractivity contribution in [2.45, 2.75) is 11.0 Å². The number of ether oxygens (including phenoxy) is 2. The fraction of sp³-hybridized carbons (Fsp3) is 0.417. The van der Waals surface area contributed by atoms with Crippen LogP contribution in [0.2, 0.25) is 0 Å². The van der Waals surface area contributed by atoms with Crippen molar-refractivity contribution < 1.29 is 32.2 Å². The molecule has 7 nitrogen and oxygen atoms in total. The molecule has 1 saturated heterocycles. The maximum Gasteiger partial charge on any atom is 0.334 e. The predicted molar refractivity (Wildman–Crippen MR) is 76.8 cm³/mol. The van der Waals surface area contributed by atoms with E-state index in [1.807, 2.05) is 0 Å². The summed E-state index contributed by atoms with van der Waals surface area (Å²) in [5.41, 5.74) is 0. The van der Waals surface area contributed by atoms with Crippen LogP contribution in [0.5, 0.6) is 5.75 Å². The number of carbonyl (C=O) groups is 1. The molecule has 1 heterocycles. The summed E-state index contributed by atoms with van der Waals surface area (Å²) in [4.78, 5) is 10.6. The van der Waals surface area contributed by atoms with Gasteiger partial charge in [0.1, 0.15) is 16.5 Å². The molecule has 1 aliphatic rings. The standard InChI is InChI=1S/C12H13BrFNO6S/c1-20-9-4-7(13)8(14)5-11(9)22(18,19)15-2-3-21-10(6-15)12(16)17/h4-5,10H,2-3,6H2,1H3,(H,16,17). The number of halogens is 2. The van der Waals surface area contributed by atoms with Gasteiger partial charge in [0.15, 0.2) is 6.10 Å². The molecule has 0 bridgehead atoms. The largest absolute Gasteiger partial charge is 0.495 e. The second-order valence-electron chi connectivity index (χ2n) is 4.48. The number of aliphatic carboxylic acids is 1. The van der Waals surface area contributed by atoms with Crippen LogP contribution in [0.25, 0.3) is 0 Å². The molecule has 0 aliphatic carbocycles. The minimum absolute atomic E-state index is 0.0209. The predicted octanol–water partition coefficient (Wildman–Crippen LogP) is 1.07. The second-order valence-corrected chi connectivity index (χ2v) is 7.24. The Labute approximate surface area is 134 Å². The molecule has 122 valence electrons. The Morgan fingerprint density at radius 3 is 2.82 bits per heavy atom. The molecule has 1 N–H and O–H groups in total. The minimum Gasteiger partial charge on any atom is -0.495 e. The number of sulfonamides is 1. The average molecular weight is 398 g/mol. The van der Waals surface area contributed by atoms with E-state index in [1.54, 1.807) is 0 Å². The lowest BCUT2D eigenvalue weighted by atomic mass is 10.3. The summed E-state index contributed by atoms with van der Waals surface area (Å²) in [7, 11) is -2.84. The SMILES string of the molecule is COc1cc(Br)c(F)cc1S(=O)(=O)N1CCOC(C(=O)O)C1. The highest BCUT2D eigenvalue weighted by Gasteiger charge is 2.36. The number of methoxy groups -OCH3 is 1. The van der Waals surface area contributed by atoms with Gasteiger partial charge < -0.3 is 14.6 Å². The first-order chi connectivity index (χ1) is 10.3. The van der Waals surface area contributed by atoms with E-state index in [2.05, 4.69) is 15.9 Å². The van der Waals surface area contributed by atoms with Gasteiger partial charge in [-0.05, 0) is 28.1 Å². The summed E-state index contributed by atoms with van der Waals surface area (Å²) in [6.07, 6.45) is -1.25. The molecule has 10 heteroatoms. The Balaban J connectivity index is 2.42. The minimum atomic E-state index is -4.11. The van der Waals surface area contributed by atoms with E-state index in [9.17, 15) is 17.6 Å². The van der Waals surface area contributed by atoms with Crippen molar-refractivity contribution >= 4 is 31.9 Å². The van der Waals surface area contributed by atoms with Gasteiger partial charge in [0.25, 0.3) is 0 Å². The highest BCUT2D eigenvalue weighted by Crippen LogP contribution is 2.32. The Kier molecular flexibility index (Phi) is 5.05. The van der Waals surface area contributed by atoms with Crippen molar-refractivity contribution in [2.24, 2.45) is 0 Å². The van der Waals surface area contributed by atoms with Gasteiger partial charge in [0.2, 0.25) is 10.0 Å². The van der Waals surface area contributed by atoms with Gasteiger partial charge in [-0.15, -0.1) is 0 Å². The fourth-order valence-electron chi connectivity index (χ4n) is 2.00. The lowest BCUT2D eigenvalue weighted by Gasteiger charge is -2.30. The molecule has 0 amide bonds. The maximum atomic E-state index is 13.7. The van der Waals surface area contributed by atoms with Crippen molar-refractivity contribution in [3.05, 3.63) is 22.4 Å². The number of hydrogen-bond acceptors (Lipinski definition) is 5. The number of morpholine rings is 1. The first-order valence-electron chi connectivity index (χ1n) is 6.15. The Morgan fingerprint density at radius 1 is 1.55 bits per heavy atom. The number of carboxylic acids is 1. The maximum absolute atomic E-state index is 13.7. The molecule has 1 aromatic rings. The van der Waals surface area contributed by atoms with Crippen LogP contribution in [0.4, 0.5) is 4.39 Å². The molecule has 1 fully saturated rings. The van der Waals surface area contributed by atoms with Crippen LogP contribution in [0.15, 0.2) is 21.5 Å². The van der Waals surface area contributed by atoms with Gasteiger partial charge in [-0.25, -0.2) is 17.6 Å². The van der Waals surface area contributed by atoms with E-state index in [4.69, 9.17) is 14.6 Å². The average Bonchev–Trinajstić information content (AvgIpc) is 2.49. The van der Waals surface area contributed by atoms with Crippen LogP contribution in [-0.4, -0.2) is 56.7 Å². The quantitative estimate of drug-likeness (QED) is 0.816. The summed E-state index contributed by atoms with van der Waals surface area (Å²) in [6.45, 7) is -0.428. The smallest absolute Gasteiger partial charge is 0.334 e. The van der Waals surface area contributed by atoms with E-state index < -0.39 is 27.9 Å². The van der Waals surface area contributed by atoms with Gasteiger partial charge in [0.05, 0.1) is 24.7 Å². The summed E-state index contributed by atoms with van der Waals surface area (Å²) in [5, 5.41) is 8.94. The normalized spacial score (nSPS) is 19.9. The van der Waals surface area contributed by atoms with Crippen LogP contribution in [0, 0.1) is 5.82 Å². The van der Waals surface area contributed by atoms with Crippen LogP contribution in [0.1, 0.15) is 0 Å². The second kappa shape index (κ2) is 6.49. The van der Waals surface area contributed by atoms with Gasteiger partial charge in [-0.3, -0.25) is 0 Å². The van der Waals surface area contributed by atoms with E-state index >= 15 is 0 Å². The van der Waals surface area contributed by atoms with Crippen LogP contribution in [-0.2, 0) is 19.6 Å². The van der Waals surface area contributed by atoms with Crippen molar-refractivity contribution in [1.29, 1.82) is 0 Å². The molecular weight excluding hydrogens is 385 g/mol. The first kappa shape index (κ1) is 17.1. The lowest BCUT2D eigenvalue weighted by Crippen LogP contribution is -2.48. The zero-order chi connectivity index (χ0) is 16.5. The highest BCUT2D eigenvalue weighted by molar-refractivity contribution is 9.10. The van der Waals surface area contributed by atoms with Crippen LogP contribution in [0.3, 0.4) is 0 Å². The van der Waals surface area contributed by atoms with E-state index in [0.717, 1.165) is 10.4 Å². The van der Waals surface area contributed by atoms with E-state index in [0.29, 0.717) is 0 Å². The topological polar surface area (TPSA) is 93.1 Å². The summed E-state index contributed by atoms with van der Waals surface area (Å²) < 4.78 is 49.9. The summed E-state index contributed by atoms with van der Waals surface area (Å²) in [5.74, 6) is -2.05. The molecule has 0 spiro atoms. The fourth-order valence-corrected chi connectivity index (χ4v) is 3.90. The Morgan fingerprint density at radius 2 is 2.23 bits per heavy atom.